The van der Waals surface area contributed by atoms with Crippen LogP contribution in [0.25, 0.3) is 0 Å². The fourth-order valence-corrected chi connectivity index (χ4v) is 1.88. The number of ether oxygens (including phenoxy) is 1. The molecule has 0 radical (unpaired) electrons. The van der Waals surface area contributed by atoms with E-state index in [-0.39, 0.29) is 0 Å². The number of pyridine rings is 1. The number of nitrogens with one attached hydrogen (secondary N) is 1. The van der Waals surface area contributed by atoms with Crippen molar-refractivity contribution in [3.8, 4) is 17.9 Å². The Hall–Kier alpha value is -3.05. The molecule has 0 spiro atoms. The van der Waals surface area contributed by atoms with Crippen LogP contribution in [0.3, 0.4) is 0 Å². The first-order valence-electron chi connectivity index (χ1n) is 7.01. The molecule has 2 aromatic rings. The van der Waals surface area contributed by atoms with E-state index in [0.717, 1.165) is 5.56 Å². The first-order chi connectivity index (χ1) is 10.7. The molecule has 1 aromatic carbocycles. The lowest BCUT2D eigenvalue weighted by atomic mass is 10.2. The predicted octanol–water partition coefficient (Wildman–Crippen LogP) is 3.25. The van der Waals surface area contributed by atoms with Gasteiger partial charge in [-0.15, -0.1) is 0 Å². The number of hydrogen-bond acceptors (Lipinski definition) is 5. The van der Waals surface area contributed by atoms with Gasteiger partial charge in [0.05, 0.1) is 0 Å². The molecule has 0 aliphatic carbocycles. The van der Waals surface area contributed by atoms with Crippen LogP contribution in [0.1, 0.15) is 24.6 Å². The van der Waals surface area contributed by atoms with Crippen molar-refractivity contribution in [3.05, 3.63) is 53.7 Å². The van der Waals surface area contributed by atoms with Crippen LogP contribution in [0.4, 0.5) is 5.82 Å². The molecule has 2 rings (SSSR count). The van der Waals surface area contributed by atoms with E-state index in [4.69, 9.17) is 15.3 Å². The van der Waals surface area contributed by atoms with Crippen molar-refractivity contribution in [1.29, 1.82) is 10.5 Å². The molecule has 110 valence electrons. The first-order valence-corrected chi connectivity index (χ1v) is 7.01. The van der Waals surface area contributed by atoms with Crippen molar-refractivity contribution in [3.63, 3.8) is 0 Å². The minimum absolute atomic E-state index is 0.377. The van der Waals surface area contributed by atoms with Gasteiger partial charge in [-0.25, -0.2) is 4.98 Å². The van der Waals surface area contributed by atoms with Crippen molar-refractivity contribution < 1.29 is 4.74 Å². The molecular formula is C17H16N4O. The summed E-state index contributed by atoms with van der Waals surface area (Å²) < 4.78 is 5.59. The van der Waals surface area contributed by atoms with Gasteiger partial charge < -0.3 is 10.1 Å². The van der Waals surface area contributed by atoms with Crippen molar-refractivity contribution in [1.82, 2.24) is 4.98 Å². The fraction of sp³-hybridized carbons (Fsp3) is 0.235. The van der Waals surface area contributed by atoms with Gasteiger partial charge in [-0.05, 0) is 36.2 Å². The molecule has 0 saturated heterocycles. The topological polar surface area (TPSA) is 81.7 Å². The van der Waals surface area contributed by atoms with E-state index >= 15 is 0 Å². The van der Waals surface area contributed by atoms with Crippen molar-refractivity contribution in [2.45, 2.75) is 26.0 Å². The molecule has 1 heterocycles. The summed E-state index contributed by atoms with van der Waals surface area (Å²) in [5.41, 5.74) is 1.39. The normalized spacial score (nSPS) is 11.0. The molecule has 5 nitrogen and oxygen atoms in total. The Morgan fingerprint density at radius 2 is 2.05 bits per heavy atom. The molecule has 0 aliphatic rings. The predicted molar refractivity (Wildman–Crippen MR) is 83.0 cm³/mol. The highest BCUT2D eigenvalue weighted by atomic mass is 16.5. The second-order valence-electron chi connectivity index (χ2n) is 4.66. The molecule has 1 N–H and O–H groups in total. The van der Waals surface area contributed by atoms with Gasteiger partial charge >= 0.3 is 0 Å². The molecule has 22 heavy (non-hydrogen) atoms. The standard InChI is InChI=1S/C17H16N4O/c1-2-15(11-19)22-16-7-3-5-13(9-16)12-20-17-8-4-6-14(10-18)21-17/h3-9,15H,2,12H2,1H3,(H,20,21). The summed E-state index contributed by atoms with van der Waals surface area (Å²) in [5, 5.41) is 20.9. The lowest BCUT2D eigenvalue weighted by Crippen LogP contribution is -2.12. The highest BCUT2D eigenvalue weighted by Crippen LogP contribution is 2.17. The van der Waals surface area contributed by atoms with Crippen molar-refractivity contribution in [2.75, 3.05) is 5.32 Å². The Morgan fingerprint density at radius 3 is 2.77 bits per heavy atom. The first kappa shape index (κ1) is 15.3. The highest BCUT2D eigenvalue weighted by molar-refractivity contribution is 5.40. The fourth-order valence-electron chi connectivity index (χ4n) is 1.88. The summed E-state index contributed by atoms with van der Waals surface area (Å²) >= 11 is 0. The molecule has 0 amide bonds. The number of rotatable bonds is 6. The van der Waals surface area contributed by atoms with Crippen LogP contribution in [-0.4, -0.2) is 11.1 Å². The molecule has 1 atom stereocenters. The third-order valence-corrected chi connectivity index (χ3v) is 3.03. The highest BCUT2D eigenvalue weighted by Gasteiger charge is 2.06. The number of hydrogen-bond donors (Lipinski definition) is 1. The minimum atomic E-state index is -0.433. The summed E-state index contributed by atoms with van der Waals surface area (Å²) in [5.74, 6) is 1.32. The smallest absolute Gasteiger partial charge is 0.184 e. The SMILES string of the molecule is CCC(C#N)Oc1cccc(CNc2cccc(C#N)n2)c1. The van der Waals surface area contributed by atoms with Crippen LogP contribution in [0.5, 0.6) is 5.75 Å². The zero-order chi connectivity index (χ0) is 15.8. The van der Waals surface area contributed by atoms with Gasteiger partial charge in [0.2, 0.25) is 0 Å². The Labute approximate surface area is 129 Å². The van der Waals surface area contributed by atoms with E-state index in [0.29, 0.717) is 30.2 Å². The maximum Gasteiger partial charge on any atom is 0.184 e. The molecule has 1 unspecified atom stereocenters. The molecule has 0 aliphatic heterocycles. The summed E-state index contributed by atoms with van der Waals surface area (Å²) in [6, 6.07) is 16.9. The molecule has 0 bridgehead atoms. The van der Waals surface area contributed by atoms with E-state index in [1.165, 1.54) is 0 Å². The average Bonchev–Trinajstić information content (AvgIpc) is 2.58. The molecular weight excluding hydrogens is 276 g/mol. The summed E-state index contributed by atoms with van der Waals surface area (Å²) in [6.07, 6.45) is 0.210. The summed E-state index contributed by atoms with van der Waals surface area (Å²) in [6.45, 7) is 2.47. The third-order valence-electron chi connectivity index (χ3n) is 3.03. The van der Waals surface area contributed by atoms with Gasteiger partial charge in [0.25, 0.3) is 0 Å². The van der Waals surface area contributed by atoms with Crippen LogP contribution >= 0.6 is 0 Å². The number of aromatic nitrogens is 1. The Morgan fingerprint density at radius 1 is 1.23 bits per heavy atom. The average molecular weight is 292 g/mol. The summed E-state index contributed by atoms with van der Waals surface area (Å²) in [4.78, 5) is 4.16. The summed E-state index contributed by atoms with van der Waals surface area (Å²) in [7, 11) is 0. The van der Waals surface area contributed by atoms with Gasteiger partial charge in [-0.3, -0.25) is 0 Å². The largest absolute Gasteiger partial charge is 0.476 e. The molecule has 0 saturated carbocycles. The quantitative estimate of drug-likeness (QED) is 0.883. The molecule has 0 fully saturated rings. The number of nitrogens with zero attached hydrogens (tertiary/aromatic N) is 3. The van der Waals surface area contributed by atoms with Gasteiger partial charge in [0.15, 0.2) is 6.10 Å². The van der Waals surface area contributed by atoms with E-state index in [2.05, 4.69) is 16.4 Å². The lowest BCUT2D eigenvalue weighted by molar-refractivity contribution is 0.251. The Kier molecular flexibility index (Phi) is 5.34. The van der Waals surface area contributed by atoms with Gasteiger partial charge in [0.1, 0.15) is 29.4 Å². The van der Waals surface area contributed by atoms with Crippen LogP contribution in [0.15, 0.2) is 42.5 Å². The van der Waals surface area contributed by atoms with Crippen LogP contribution < -0.4 is 10.1 Å². The Balaban J connectivity index is 2.01. The van der Waals surface area contributed by atoms with E-state index in [9.17, 15) is 0 Å². The molecule has 5 heteroatoms. The monoisotopic (exact) mass is 292 g/mol. The van der Waals surface area contributed by atoms with E-state index < -0.39 is 6.10 Å². The second kappa shape index (κ2) is 7.66. The van der Waals surface area contributed by atoms with Crippen LogP contribution in [0, 0.1) is 22.7 Å². The molecule has 1 aromatic heterocycles. The van der Waals surface area contributed by atoms with Gasteiger partial charge in [0, 0.05) is 6.54 Å². The van der Waals surface area contributed by atoms with Gasteiger partial charge in [-0.2, -0.15) is 10.5 Å². The zero-order valence-electron chi connectivity index (χ0n) is 12.3. The minimum Gasteiger partial charge on any atom is -0.476 e. The van der Waals surface area contributed by atoms with E-state index in [1.54, 1.807) is 12.1 Å². The maximum atomic E-state index is 8.94. The van der Waals surface area contributed by atoms with E-state index in [1.807, 2.05) is 43.3 Å². The van der Waals surface area contributed by atoms with Crippen molar-refractivity contribution in [2.24, 2.45) is 0 Å². The van der Waals surface area contributed by atoms with Crippen LogP contribution in [-0.2, 0) is 6.54 Å². The lowest BCUT2D eigenvalue weighted by Gasteiger charge is -2.12. The van der Waals surface area contributed by atoms with Crippen molar-refractivity contribution >= 4 is 5.82 Å². The number of anilines is 1. The number of nitriles is 2. The zero-order valence-corrected chi connectivity index (χ0v) is 12.3. The Bertz CT molecular complexity index is 715. The second-order valence-corrected chi connectivity index (χ2v) is 4.66. The van der Waals surface area contributed by atoms with Crippen LogP contribution in [0.2, 0.25) is 0 Å². The maximum absolute atomic E-state index is 8.94. The number of benzene rings is 1. The van der Waals surface area contributed by atoms with Gasteiger partial charge in [-0.1, -0.05) is 25.1 Å². The third kappa shape index (κ3) is 4.22.